The fourth-order valence-electron chi connectivity index (χ4n) is 1.71. The minimum Gasteiger partial charge on any atom is -0.354 e. The van der Waals surface area contributed by atoms with Gasteiger partial charge in [-0.3, -0.25) is 4.79 Å². The van der Waals surface area contributed by atoms with E-state index in [1.807, 2.05) is 24.3 Å². The Morgan fingerprint density at radius 1 is 1.33 bits per heavy atom. The van der Waals surface area contributed by atoms with Gasteiger partial charge in [0.2, 0.25) is 5.91 Å². The number of halogens is 1. The monoisotopic (exact) mass is 224 g/mol. The Kier molecular flexibility index (Phi) is 3.23. The van der Waals surface area contributed by atoms with E-state index in [9.17, 15) is 4.79 Å². The summed E-state index contributed by atoms with van der Waals surface area (Å²) in [6.45, 7) is 1.30. The average molecular weight is 225 g/mol. The van der Waals surface area contributed by atoms with Crippen LogP contribution in [0.1, 0.15) is 18.0 Å². The number of nitrogens with one attached hydrogen (secondary N) is 2. The lowest BCUT2D eigenvalue weighted by Crippen LogP contribution is -2.29. The Hall–Kier alpha value is -1.06. The molecule has 0 spiro atoms. The highest BCUT2D eigenvalue weighted by Gasteiger charge is 2.18. The number of hydrogen-bond acceptors (Lipinski definition) is 2. The fourth-order valence-corrected chi connectivity index (χ4v) is 1.98. The zero-order valence-electron chi connectivity index (χ0n) is 8.29. The van der Waals surface area contributed by atoms with E-state index in [1.165, 1.54) is 0 Å². The minimum atomic E-state index is 0.0945. The number of hydrogen-bond donors (Lipinski definition) is 2. The molecule has 1 aliphatic rings. The van der Waals surface area contributed by atoms with Crippen molar-refractivity contribution in [3.63, 3.8) is 0 Å². The molecule has 0 aromatic heterocycles. The number of carbonyl (C=O) groups is 1. The first-order chi connectivity index (χ1) is 7.27. The van der Waals surface area contributed by atoms with Crippen LogP contribution in [0.5, 0.6) is 0 Å². The van der Waals surface area contributed by atoms with Gasteiger partial charge in [0.05, 0.1) is 6.04 Å². The highest BCUT2D eigenvalue weighted by molar-refractivity contribution is 6.31. The molecule has 0 radical (unpaired) electrons. The molecule has 1 fully saturated rings. The number of amides is 1. The van der Waals surface area contributed by atoms with Crippen LogP contribution in [0.2, 0.25) is 5.02 Å². The Balaban J connectivity index is 2.16. The maximum atomic E-state index is 11.2. The van der Waals surface area contributed by atoms with Crippen molar-refractivity contribution in [2.24, 2.45) is 0 Å². The summed E-state index contributed by atoms with van der Waals surface area (Å²) >= 11 is 6.09. The van der Waals surface area contributed by atoms with Crippen molar-refractivity contribution in [1.82, 2.24) is 10.6 Å². The summed E-state index contributed by atoms with van der Waals surface area (Å²) in [6, 6.07) is 7.82. The molecule has 0 bridgehead atoms. The molecule has 1 saturated heterocycles. The molecule has 1 heterocycles. The predicted octanol–water partition coefficient (Wildman–Crippen LogP) is 1.49. The predicted molar refractivity (Wildman–Crippen MR) is 59.8 cm³/mol. The van der Waals surface area contributed by atoms with Gasteiger partial charge in [-0.1, -0.05) is 29.8 Å². The van der Waals surface area contributed by atoms with E-state index >= 15 is 0 Å². The van der Waals surface area contributed by atoms with Crippen LogP contribution in [0.3, 0.4) is 0 Å². The largest absolute Gasteiger partial charge is 0.354 e. The molecule has 1 aliphatic heterocycles. The lowest BCUT2D eigenvalue weighted by molar-refractivity contribution is -0.120. The van der Waals surface area contributed by atoms with E-state index in [0.29, 0.717) is 19.5 Å². The maximum absolute atomic E-state index is 11.2. The second-order valence-electron chi connectivity index (χ2n) is 3.58. The van der Waals surface area contributed by atoms with Gasteiger partial charge in [-0.25, -0.2) is 0 Å². The molecule has 1 amide bonds. The van der Waals surface area contributed by atoms with Crippen LogP contribution in [0.4, 0.5) is 0 Å². The van der Waals surface area contributed by atoms with E-state index in [0.717, 1.165) is 10.6 Å². The third kappa shape index (κ3) is 2.49. The lowest BCUT2D eigenvalue weighted by atomic mass is 10.1. The quantitative estimate of drug-likeness (QED) is 0.759. The Morgan fingerprint density at radius 3 is 2.93 bits per heavy atom. The van der Waals surface area contributed by atoms with E-state index in [-0.39, 0.29) is 11.9 Å². The van der Waals surface area contributed by atoms with Crippen molar-refractivity contribution in [3.8, 4) is 0 Å². The van der Waals surface area contributed by atoms with Gasteiger partial charge in [0, 0.05) is 24.5 Å². The Labute approximate surface area is 93.8 Å². The highest BCUT2D eigenvalue weighted by atomic mass is 35.5. The Morgan fingerprint density at radius 2 is 2.13 bits per heavy atom. The lowest BCUT2D eigenvalue weighted by Gasteiger charge is -2.17. The summed E-state index contributed by atoms with van der Waals surface area (Å²) < 4.78 is 0. The summed E-state index contributed by atoms with van der Waals surface area (Å²) in [5.41, 5.74) is 1.04. The summed E-state index contributed by atoms with van der Waals surface area (Å²) in [6.07, 6.45) is 0.529. The first-order valence-electron chi connectivity index (χ1n) is 5.02. The fraction of sp³-hybridized carbons (Fsp3) is 0.364. The molecule has 3 nitrogen and oxygen atoms in total. The van der Waals surface area contributed by atoms with Crippen LogP contribution < -0.4 is 10.6 Å². The number of rotatable bonds is 1. The van der Waals surface area contributed by atoms with Crippen LogP contribution in [0.25, 0.3) is 0 Å². The van der Waals surface area contributed by atoms with Gasteiger partial charge in [-0.15, -0.1) is 0 Å². The van der Waals surface area contributed by atoms with E-state index in [4.69, 9.17) is 11.6 Å². The summed E-state index contributed by atoms with van der Waals surface area (Å²) in [5, 5.41) is 6.90. The van der Waals surface area contributed by atoms with Gasteiger partial charge < -0.3 is 10.6 Å². The van der Waals surface area contributed by atoms with E-state index < -0.39 is 0 Å². The highest BCUT2D eigenvalue weighted by Crippen LogP contribution is 2.22. The molecule has 1 atom stereocenters. The SMILES string of the molecule is O=C1CCNC(c2ccccc2Cl)CN1. The summed E-state index contributed by atoms with van der Waals surface area (Å²) in [7, 11) is 0. The molecule has 0 aliphatic carbocycles. The molecule has 0 saturated carbocycles. The molecule has 1 aromatic carbocycles. The molecular weight excluding hydrogens is 212 g/mol. The zero-order valence-corrected chi connectivity index (χ0v) is 9.05. The molecule has 15 heavy (non-hydrogen) atoms. The van der Waals surface area contributed by atoms with Gasteiger partial charge in [-0.2, -0.15) is 0 Å². The summed E-state index contributed by atoms with van der Waals surface area (Å²) in [4.78, 5) is 11.2. The second kappa shape index (κ2) is 4.64. The van der Waals surface area contributed by atoms with Crippen LogP contribution >= 0.6 is 11.6 Å². The number of benzene rings is 1. The molecule has 80 valence electrons. The van der Waals surface area contributed by atoms with E-state index in [2.05, 4.69) is 10.6 Å². The second-order valence-corrected chi connectivity index (χ2v) is 3.99. The van der Waals surface area contributed by atoms with Gasteiger partial charge in [0.1, 0.15) is 0 Å². The van der Waals surface area contributed by atoms with Gasteiger partial charge in [-0.05, 0) is 11.6 Å². The van der Waals surface area contributed by atoms with Crippen molar-refractivity contribution in [1.29, 1.82) is 0 Å². The van der Waals surface area contributed by atoms with Crippen molar-refractivity contribution < 1.29 is 4.79 Å². The zero-order chi connectivity index (χ0) is 10.7. The normalized spacial score (nSPS) is 21.9. The first kappa shape index (κ1) is 10.5. The van der Waals surface area contributed by atoms with Crippen LogP contribution in [0.15, 0.2) is 24.3 Å². The van der Waals surface area contributed by atoms with Crippen LogP contribution in [0, 0.1) is 0 Å². The van der Waals surface area contributed by atoms with Crippen molar-refractivity contribution in [2.75, 3.05) is 13.1 Å². The maximum Gasteiger partial charge on any atom is 0.221 e. The van der Waals surface area contributed by atoms with Crippen molar-refractivity contribution in [3.05, 3.63) is 34.9 Å². The standard InChI is InChI=1S/C11H13ClN2O/c12-9-4-2-1-3-8(9)10-7-14-11(15)5-6-13-10/h1-4,10,13H,5-7H2,(H,14,15). The molecule has 2 rings (SSSR count). The number of carbonyl (C=O) groups excluding carboxylic acids is 1. The molecular formula is C11H13ClN2O. The molecule has 2 N–H and O–H groups in total. The van der Waals surface area contributed by atoms with Gasteiger partial charge in [0.15, 0.2) is 0 Å². The van der Waals surface area contributed by atoms with Gasteiger partial charge >= 0.3 is 0 Å². The summed E-state index contributed by atoms with van der Waals surface area (Å²) in [5.74, 6) is 0.0945. The molecule has 1 aromatic rings. The van der Waals surface area contributed by atoms with E-state index in [1.54, 1.807) is 0 Å². The Bertz CT molecular complexity index is 367. The topological polar surface area (TPSA) is 41.1 Å². The smallest absolute Gasteiger partial charge is 0.221 e. The minimum absolute atomic E-state index is 0.0945. The van der Waals surface area contributed by atoms with Crippen LogP contribution in [-0.4, -0.2) is 19.0 Å². The van der Waals surface area contributed by atoms with Crippen LogP contribution in [-0.2, 0) is 4.79 Å². The average Bonchev–Trinajstić information content (AvgIpc) is 2.44. The molecule has 1 unspecified atom stereocenters. The third-order valence-electron chi connectivity index (χ3n) is 2.53. The van der Waals surface area contributed by atoms with Gasteiger partial charge in [0.25, 0.3) is 0 Å². The van der Waals surface area contributed by atoms with Crippen molar-refractivity contribution in [2.45, 2.75) is 12.5 Å². The van der Waals surface area contributed by atoms with Crippen molar-refractivity contribution >= 4 is 17.5 Å². The molecule has 4 heteroatoms. The third-order valence-corrected chi connectivity index (χ3v) is 2.87. The first-order valence-corrected chi connectivity index (χ1v) is 5.39.